The lowest BCUT2D eigenvalue weighted by molar-refractivity contribution is 0.0156. The van der Waals surface area contributed by atoms with Gasteiger partial charge >= 0.3 is 0 Å². The van der Waals surface area contributed by atoms with E-state index in [1.165, 1.54) is 12.8 Å². The second-order valence-corrected chi connectivity index (χ2v) is 5.84. The van der Waals surface area contributed by atoms with E-state index in [0.29, 0.717) is 12.0 Å². The van der Waals surface area contributed by atoms with E-state index in [1.54, 1.807) is 0 Å². The topological polar surface area (TPSA) is 15.3 Å². The van der Waals surface area contributed by atoms with Crippen molar-refractivity contribution in [3.8, 4) is 0 Å². The average Bonchev–Trinajstić information content (AvgIpc) is 3.05. The van der Waals surface area contributed by atoms with Crippen LogP contribution in [0.2, 0.25) is 0 Å². The smallest absolute Gasteiger partial charge is 0.251 e. The Labute approximate surface area is 103 Å². The Balaban J connectivity index is 1.98. The molecule has 0 bridgehead atoms. The van der Waals surface area contributed by atoms with Crippen LogP contribution >= 0.6 is 0 Å². The molecule has 2 fully saturated rings. The van der Waals surface area contributed by atoms with Gasteiger partial charge in [0, 0.05) is 24.7 Å². The van der Waals surface area contributed by atoms with E-state index >= 15 is 0 Å². The van der Waals surface area contributed by atoms with Crippen molar-refractivity contribution in [1.29, 1.82) is 0 Å². The molecule has 1 saturated carbocycles. The third kappa shape index (κ3) is 3.16. The van der Waals surface area contributed by atoms with Crippen molar-refractivity contribution in [2.24, 2.45) is 5.92 Å². The number of hydrogen-bond donors (Lipinski definition) is 1. The van der Waals surface area contributed by atoms with Gasteiger partial charge in [-0.25, -0.2) is 8.78 Å². The maximum absolute atomic E-state index is 12.6. The number of rotatable bonds is 5. The van der Waals surface area contributed by atoms with Crippen LogP contribution in [0.15, 0.2) is 0 Å². The third-order valence-corrected chi connectivity index (χ3v) is 4.26. The molecule has 1 aliphatic carbocycles. The molecule has 0 amide bonds. The lowest BCUT2D eigenvalue weighted by atomic mass is 9.90. The van der Waals surface area contributed by atoms with Crippen LogP contribution in [0.4, 0.5) is 8.78 Å². The zero-order valence-corrected chi connectivity index (χ0v) is 10.9. The monoisotopic (exact) mass is 246 g/mol. The van der Waals surface area contributed by atoms with Crippen LogP contribution in [0.3, 0.4) is 0 Å². The largest absolute Gasteiger partial charge is 0.308 e. The molecule has 0 radical (unpaired) electrons. The predicted octanol–water partition coefficient (Wildman–Crippen LogP) is 2.49. The summed E-state index contributed by atoms with van der Waals surface area (Å²) in [6.07, 6.45) is 2.37. The van der Waals surface area contributed by atoms with Crippen molar-refractivity contribution in [1.82, 2.24) is 10.2 Å². The first-order valence-corrected chi connectivity index (χ1v) is 6.82. The van der Waals surface area contributed by atoms with Crippen molar-refractivity contribution < 1.29 is 8.78 Å². The minimum atomic E-state index is -2.21. The molecule has 1 saturated heterocycles. The van der Waals surface area contributed by atoms with Gasteiger partial charge in [0.05, 0.1) is 6.54 Å². The van der Waals surface area contributed by atoms with Gasteiger partial charge in [0.2, 0.25) is 0 Å². The zero-order valence-electron chi connectivity index (χ0n) is 10.9. The summed E-state index contributed by atoms with van der Waals surface area (Å²) in [7, 11) is 0. The number of nitrogens with one attached hydrogen (secondary N) is 1. The van der Waals surface area contributed by atoms with Crippen LogP contribution in [-0.2, 0) is 0 Å². The number of halogens is 2. The summed E-state index contributed by atoms with van der Waals surface area (Å²) < 4.78 is 25.3. The summed E-state index contributed by atoms with van der Waals surface area (Å²) >= 11 is 0. The second kappa shape index (κ2) is 5.19. The number of piperazine rings is 1. The molecule has 1 aliphatic heterocycles. The molecule has 2 aliphatic rings. The zero-order chi connectivity index (χ0) is 12.5. The Morgan fingerprint density at radius 2 is 2.12 bits per heavy atom. The Kier molecular flexibility index (Phi) is 4.03. The van der Waals surface area contributed by atoms with Crippen molar-refractivity contribution in [2.75, 3.05) is 19.6 Å². The van der Waals surface area contributed by atoms with Gasteiger partial charge in [-0.2, -0.15) is 0 Å². The highest BCUT2D eigenvalue weighted by Crippen LogP contribution is 2.41. The van der Waals surface area contributed by atoms with Crippen LogP contribution in [0, 0.1) is 5.92 Å². The molecule has 2 atom stereocenters. The molecule has 1 heterocycles. The van der Waals surface area contributed by atoms with Crippen LogP contribution in [-0.4, -0.2) is 42.5 Å². The Morgan fingerprint density at radius 1 is 1.41 bits per heavy atom. The molecule has 4 heteroatoms. The third-order valence-electron chi connectivity index (χ3n) is 4.26. The summed E-state index contributed by atoms with van der Waals surface area (Å²) in [6.45, 7) is 5.91. The molecule has 0 aromatic heterocycles. The normalized spacial score (nSPS) is 35.5. The number of nitrogens with zero attached hydrogens (tertiary/aromatic N) is 1. The number of hydrogen-bond acceptors (Lipinski definition) is 2. The summed E-state index contributed by atoms with van der Waals surface area (Å²) in [4.78, 5) is 2.02. The highest BCUT2D eigenvalue weighted by Gasteiger charge is 2.46. The molecule has 100 valence electrons. The van der Waals surface area contributed by atoms with Crippen molar-refractivity contribution in [2.45, 2.75) is 57.5 Å². The Hall–Kier alpha value is -0.220. The van der Waals surface area contributed by atoms with Crippen molar-refractivity contribution in [3.05, 3.63) is 0 Å². The molecule has 0 spiro atoms. The number of alkyl halides is 2. The molecular formula is C13H24F2N2. The van der Waals surface area contributed by atoms with Crippen LogP contribution in [0.25, 0.3) is 0 Å². The SMILES string of the molecule is CCCC1CNC(C)(C2CC2)CN1CC(F)F. The summed E-state index contributed by atoms with van der Waals surface area (Å²) in [6, 6.07) is 0.292. The second-order valence-electron chi connectivity index (χ2n) is 5.84. The average molecular weight is 246 g/mol. The standard InChI is InChI=1S/C13H24F2N2/c1-3-4-11-7-16-13(2,10-5-6-10)9-17(11)8-12(14)15/h10-12,16H,3-9H2,1-2H3. The first-order valence-electron chi connectivity index (χ1n) is 6.82. The maximum atomic E-state index is 12.6. The molecule has 0 aromatic rings. The fourth-order valence-corrected chi connectivity index (χ4v) is 3.09. The summed E-state index contributed by atoms with van der Waals surface area (Å²) in [5.74, 6) is 0.699. The maximum Gasteiger partial charge on any atom is 0.251 e. The molecule has 17 heavy (non-hydrogen) atoms. The van der Waals surface area contributed by atoms with Crippen LogP contribution in [0.5, 0.6) is 0 Å². The predicted molar refractivity (Wildman–Crippen MR) is 65.4 cm³/mol. The first kappa shape index (κ1) is 13.2. The van der Waals surface area contributed by atoms with E-state index in [1.807, 2.05) is 4.90 Å². The van der Waals surface area contributed by atoms with E-state index in [2.05, 4.69) is 19.2 Å². The fourth-order valence-electron chi connectivity index (χ4n) is 3.09. The molecule has 2 unspecified atom stereocenters. The van der Waals surface area contributed by atoms with Gasteiger partial charge in [0.15, 0.2) is 0 Å². The van der Waals surface area contributed by atoms with Gasteiger partial charge in [-0.3, -0.25) is 4.90 Å². The van der Waals surface area contributed by atoms with E-state index in [9.17, 15) is 8.78 Å². The van der Waals surface area contributed by atoms with Crippen molar-refractivity contribution >= 4 is 0 Å². The van der Waals surface area contributed by atoms with Crippen molar-refractivity contribution in [3.63, 3.8) is 0 Å². The minimum absolute atomic E-state index is 0.0609. The summed E-state index contributed by atoms with van der Waals surface area (Å²) in [5.41, 5.74) is 0.0686. The lowest BCUT2D eigenvalue weighted by Gasteiger charge is -2.46. The highest BCUT2D eigenvalue weighted by molar-refractivity contribution is 5.04. The van der Waals surface area contributed by atoms with E-state index in [-0.39, 0.29) is 12.1 Å². The molecule has 1 N–H and O–H groups in total. The van der Waals surface area contributed by atoms with E-state index in [0.717, 1.165) is 25.9 Å². The van der Waals surface area contributed by atoms with Gasteiger partial charge in [0.25, 0.3) is 6.43 Å². The van der Waals surface area contributed by atoms with Gasteiger partial charge < -0.3 is 5.32 Å². The lowest BCUT2D eigenvalue weighted by Crippen LogP contribution is -2.64. The van der Waals surface area contributed by atoms with E-state index in [4.69, 9.17) is 0 Å². The highest BCUT2D eigenvalue weighted by atomic mass is 19.3. The minimum Gasteiger partial charge on any atom is -0.308 e. The Bertz CT molecular complexity index is 256. The molecular weight excluding hydrogens is 222 g/mol. The molecule has 2 nitrogen and oxygen atoms in total. The Morgan fingerprint density at radius 3 is 2.65 bits per heavy atom. The van der Waals surface area contributed by atoms with Crippen LogP contribution < -0.4 is 5.32 Å². The van der Waals surface area contributed by atoms with E-state index < -0.39 is 6.43 Å². The van der Waals surface area contributed by atoms with Gasteiger partial charge in [-0.05, 0) is 32.1 Å². The van der Waals surface area contributed by atoms with Gasteiger partial charge in [0.1, 0.15) is 0 Å². The molecule has 2 rings (SSSR count). The fraction of sp³-hybridized carbons (Fsp3) is 1.00. The van der Waals surface area contributed by atoms with Gasteiger partial charge in [-0.1, -0.05) is 13.3 Å². The van der Waals surface area contributed by atoms with Gasteiger partial charge in [-0.15, -0.1) is 0 Å². The molecule has 0 aromatic carbocycles. The first-order chi connectivity index (χ1) is 8.05. The van der Waals surface area contributed by atoms with Crippen LogP contribution in [0.1, 0.15) is 39.5 Å². The quantitative estimate of drug-likeness (QED) is 0.802. The summed E-state index contributed by atoms with van der Waals surface area (Å²) in [5, 5.41) is 3.61.